The van der Waals surface area contributed by atoms with Crippen LogP contribution in [-0.2, 0) is 9.59 Å². The number of hydrogen-bond acceptors (Lipinski definition) is 2. The number of amides is 2. The summed E-state index contributed by atoms with van der Waals surface area (Å²) in [4.78, 5) is 32.8. The van der Waals surface area contributed by atoms with Crippen molar-refractivity contribution in [3.05, 3.63) is 0 Å². The minimum atomic E-state index is -0.0942. The van der Waals surface area contributed by atoms with Crippen molar-refractivity contribution in [3.8, 4) is 0 Å². The average molecular weight is 453 g/mol. The van der Waals surface area contributed by atoms with Crippen LogP contribution in [0.15, 0.2) is 0 Å². The number of rotatable bonds is 3. The van der Waals surface area contributed by atoms with Crippen LogP contribution in [0.2, 0.25) is 0 Å². The molecular weight excluding hydrogens is 408 g/mol. The Kier molecular flexibility index (Phi) is 4.65. The van der Waals surface area contributed by atoms with Crippen molar-refractivity contribution >= 4 is 11.8 Å². The highest BCUT2D eigenvalue weighted by atomic mass is 16.2. The fourth-order valence-corrected chi connectivity index (χ4v) is 11.1. The first-order chi connectivity index (χ1) is 15.8. The molecule has 1 aliphatic heterocycles. The second-order valence-corrected chi connectivity index (χ2v) is 14.6. The topological polar surface area (TPSA) is 40.6 Å². The Balaban J connectivity index is 1.14. The van der Waals surface area contributed by atoms with Gasteiger partial charge in [-0.25, -0.2) is 0 Å². The largest absolute Gasteiger partial charge is 0.324 e. The summed E-state index contributed by atoms with van der Waals surface area (Å²) in [5, 5.41) is 0. The lowest BCUT2D eigenvalue weighted by atomic mass is 9.49. The van der Waals surface area contributed by atoms with E-state index in [-0.39, 0.29) is 10.8 Å². The van der Waals surface area contributed by atoms with E-state index >= 15 is 0 Å². The van der Waals surface area contributed by atoms with Gasteiger partial charge in [-0.05, 0) is 124 Å². The fourth-order valence-electron chi connectivity index (χ4n) is 11.1. The van der Waals surface area contributed by atoms with Gasteiger partial charge in [-0.3, -0.25) is 9.59 Å². The summed E-state index contributed by atoms with van der Waals surface area (Å²) in [6.07, 6.45) is 15.0. The van der Waals surface area contributed by atoms with E-state index in [0.29, 0.717) is 30.3 Å². The predicted octanol–water partition coefficient (Wildman–Crippen LogP) is 5.32. The molecule has 9 aliphatic rings. The molecule has 0 aromatic carbocycles. The third-order valence-electron chi connectivity index (χ3n) is 11.8. The summed E-state index contributed by atoms with van der Waals surface area (Å²) in [6.45, 7) is 6.88. The highest BCUT2D eigenvalue weighted by Gasteiger charge is 2.58. The third kappa shape index (κ3) is 3.28. The van der Waals surface area contributed by atoms with Crippen molar-refractivity contribution in [1.82, 2.24) is 9.80 Å². The second-order valence-electron chi connectivity index (χ2n) is 14.6. The minimum Gasteiger partial charge on any atom is -0.324 e. The van der Waals surface area contributed by atoms with Crippen molar-refractivity contribution in [2.45, 2.75) is 90.9 Å². The van der Waals surface area contributed by atoms with Gasteiger partial charge in [-0.15, -0.1) is 0 Å². The van der Waals surface area contributed by atoms with Gasteiger partial charge in [0.05, 0.1) is 17.5 Å². The molecule has 0 N–H and O–H groups in total. The first-order valence-electron chi connectivity index (χ1n) is 14.4. The van der Waals surface area contributed by atoms with Gasteiger partial charge in [0.1, 0.15) is 0 Å². The molecule has 1 saturated heterocycles. The normalized spacial score (nSPS) is 49.8. The van der Waals surface area contributed by atoms with E-state index in [1.165, 1.54) is 38.5 Å². The number of hydrogen-bond donors (Lipinski definition) is 0. The molecule has 9 rings (SSSR count). The molecule has 4 nitrogen and oxygen atoms in total. The molecule has 8 bridgehead atoms. The molecule has 0 aromatic heterocycles. The Bertz CT molecular complexity index is 712. The summed E-state index contributed by atoms with van der Waals surface area (Å²) < 4.78 is 0. The molecule has 0 spiro atoms. The van der Waals surface area contributed by atoms with E-state index in [9.17, 15) is 9.59 Å². The summed E-state index contributed by atoms with van der Waals surface area (Å²) in [6, 6.07) is 0. The number of carbonyl (C=O) groups excluding carboxylic acids is 2. The van der Waals surface area contributed by atoms with Gasteiger partial charge in [0.15, 0.2) is 0 Å². The van der Waals surface area contributed by atoms with Gasteiger partial charge >= 0.3 is 0 Å². The van der Waals surface area contributed by atoms with Crippen LogP contribution in [0.4, 0.5) is 0 Å². The minimum absolute atomic E-state index is 0.0942. The summed E-state index contributed by atoms with van der Waals surface area (Å²) in [5.74, 6) is 6.49. The SMILES string of the molecule is CC(C)C1CN(C(=O)C23CC4CC(CC(C4)C2)C3)CN(C(=O)C23CC4CC(CC(C4)C2)C3)C1. The maximum Gasteiger partial charge on any atom is 0.230 e. The molecule has 2 amide bonds. The predicted molar refractivity (Wildman–Crippen MR) is 128 cm³/mol. The summed E-state index contributed by atoms with van der Waals surface area (Å²) in [7, 11) is 0. The van der Waals surface area contributed by atoms with Crippen LogP contribution < -0.4 is 0 Å². The zero-order chi connectivity index (χ0) is 22.5. The van der Waals surface area contributed by atoms with Gasteiger partial charge in [0.25, 0.3) is 0 Å². The highest BCUT2D eigenvalue weighted by molar-refractivity contribution is 5.86. The maximum atomic E-state index is 14.2. The molecule has 182 valence electrons. The molecule has 0 unspecified atom stereocenters. The van der Waals surface area contributed by atoms with E-state index in [1.54, 1.807) is 0 Å². The molecule has 0 atom stereocenters. The quantitative estimate of drug-likeness (QED) is 0.581. The van der Waals surface area contributed by atoms with Crippen LogP contribution >= 0.6 is 0 Å². The lowest BCUT2D eigenvalue weighted by Gasteiger charge is -2.59. The van der Waals surface area contributed by atoms with Gasteiger partial charge < -0.3 is 9.80 Å². The molecule has 8 saturated carbocycles. The van der Waals surface area contributed by atoms with Crippen LogP contribution in [0.5, 0.6) is 0 Å². The van der Waals surface area contributed by atoms with E-state index < -0.39 is 0 Å². The molecule has 1 heterocycles. The number of carbonyl (C=O) groups is 2. The molecular formula is C29H44N2O2. The lowest BCUT2D eigenvalue weighted by Crippen LogP contribution is -2.63. The van der Waals surface area contributed by atoms with Crippen molar-refractivity contribution in [2.75, 3.05) is 19.8 Å². The Morgan fingerprint density at radius 1 is 0.606 bits per heavy atom. The van der Waals surface area contributed by atoms with Crippen LogP contribution in [0, 0.1) is 58.2 Å². The second kappa shape index (κ2) is 7.23. The van der Waals surface area contributed by atoms with E-state index in [4.69, 9.17) is 0 Å². The Labute approximate surface area is 200 Å². The molecule has 4 heteroatoms. The van der Waals surface area contributed by atoms with Gasteiger partial charge in [-0.2, -0.15) is 0 Å². The van der Waals surface area contributed by atoms with Gasteiger partial charge in [-0.1, -0.05) is 13.8 Å². The van der Waals surface area contributed by atoms with Crippen LogP contribution in [0.1, 0.15) is 90.9 Å². The smallest absolute Gasteiger partial charge is 0.230 e. The Hall–Kier alpha value is -1.06. The lowest BCUT2D eigenvalue weighted by molar-refractivity contribution is -0.173. The van der Waals surface area contributed by atoms with Gasteiger partial charge in [0, 0.05) is 13.1 Å². The zero-order valence-electron chi connectivity index (χ0n) is 20.9. The first-order valence-corrected chi connectivity index (χ1v) is 14.4. The van der Waals surface area contributed by atoms with Crippen molar-refractivity contribution in [1.29, 1.82) is 0 Å². The van der Waals surface area contributed by atoms with Crippen molar-refractivity contribution < 1.29 is 9.59 Å². The van der Waals surface area contributed by atoms with Crippen LogP contribution in [0.3, 0.4) is 0 Å². The summed E-state index contributed by atoms with van der Waals surface area (Å²) >= 11 is 0. The third-order valence-corrected chi connectivity index (χ3v) is 11.8. The zero-order valence-corrected chi connectivity index (χ0v) is 20.9. The first kappa shape index (κ1) is 21.2. The Morgan fingerprint density at radius 3 is 1.18 bits per heavy atom. The monoisotopic (exact) mass is 452 g/mol. The van der Waals surface area contributed by atoms with E-state index in [1.807, 2.05) is 0 Å². The maximum absolute atomic E-state index is 14.2. The molecule has 8 aliphatic carbocycles. The van der Waals surface area contributed by atoms with Crippen LogP contribution in [0.25, 0.3) is 0 Å². The van der Waals surface area contributed by atoms with Crippen molar-refractivity contribution in [3.63, 3.8) is 0 Å². The van der Waals surface area contributed by atoms with E-state index in [2.05, 4.69) is 23.6 Å². The molecule has 0 radical (unpaired) electrons. The van der Waals surface area contributed by atoms with E-state index in [0.717, 1.165) is 87.1 Å². The molecule has 9 fully saturated rings. The van der Waals surface area contributed by atoms with Gasteiger partial charge in [0.2, 0.25) is 11.8 Å². The standard InChI is InChI=1S/C29H44N2O2/c1-18(2)25-15-30(26(32)28-9-19-3-20(10-28)5-21(4-19)11-28)17-31(16-25)27(33)29-12-22-6-23(13-29)8-24(7-22)14-29/h18-25H,3-17H2,1-2H3. The Morgan fingerprint density at radius 2 is 0.909 bits per heavy atom. The molecule has 33 heavy (non-hydrogen) atoms. The average Bonchev–Trinajstić information content (AvgIpc) is 2.76. The fraction of sp³-hybridized carbons (Fsp3) is 0.931. The highest BCUT2D eigenvalue weighted by Crippen LogP contribution is 2.62. The number of nitrogens with zero attached hydrogens (tertiary/aromatic N) is 2. The van der Waals surface area contributed by atoms with Crippen LogP contribution in [-0.4, -0.2) is 41.4 Å². The van der Waals surface area contributed by atoms with Crippen molar-refractivity contribution in [2.24, 2.45) is 58.2 Å². The molecule has 0 aromatic rings. The summed E-state index contributed by atoms with van der Waals surface area (Å²) in [5.41, 5.74) is -0.188.